The molecule has 0 amide bonds. The number of benzene rings is 2. The van der Waals surface area contributed by atoms with Crippen LogP contribution in [0.3, 0.4) is 0 Å². The molecule has 0 bridgehead atoms. The van der Waals surface area contributed by atoms with Gasteiger partial charge < -0.3 is 28.4 Å². The number of hydrogen-bond donors (Lipinski definition) is 0. The molecule has 0 fully saturated rings. The molecule has 0 saturated carbocycles. The van der Waals surface area contributed by atoms with Crippen molar-refractivity contribution in [1.82, 2.24) is 0 Å². The lowest BCUT2D eigenvalue weighted by Crippen LogP contribution is -2.32. The van der Waals surface area contributed by atoms with Crippen LogP contribution in [0.25, 0.3) is 0 Å². The van der Waals surface area contributed by atoms with Gasteiger partial charge in [0.05, 0.1) is 22.7 Å². The molecule has 0 N–H and O–H groups in total. The van der Waals surface area contributed by atoms with Crippen molar-refractivity contribution in [3.8, 4) is 0 Å². The minimum atomic E-state index is -0.575. The number of Topliss-reactive ketones (excluding diaryl/α,β-unsaturated/α-hetero) is 6. The molecule has 18 heteroatoms. The Kier molecular flexibility index (Phi) is 109. The van der Waals surface area contributed by atoms with Crippen LogP contribution in [0.1, 0.15) is 575 Å². The average molecular weight is 2130 g/mol. The molecule has 0 aliphatic carbocycles. The third-order valence-electron chi connectivity index (χ3n) is 19.5. The highest BCUT2D eigenvalue weighted by Crippen LogP contribution is 2.35. The Balaban J connectivity index is -0.000000111. The first kappa shape index (κ1) is 174. The zero-order valence-electron chi connectivity index (χ0n) is 111. The fourth-order valence-corrected chi connectivity index (χ4v) is 15.0. The zero-order valence-corrected chi connectivity index (χ0v) is 111. The Morgan fingerprint density at radius 1 is 0.233 bits per heavy atom. The molecule has 2 aromatic carbocycles. The van der Waals surface area contributed by atoms with Crippen molar-refractivity contribution < 1.29 is 86.0 Å². The molecule has 150 heavy (non-hydrogen) atoms. The number of ketones is 6. The van der Waals surface area contributed by atoms with Gasteiger partial charge in [0, 0.05) is 61.2 Å². The van der Waals surface area contributed by atoms with Crippen LogP contribution in [0.4, 0.5) is 0 Å². The summed E-state index contributed by atoms with van der Waals surface area (Å²) >= 11 is 0. The van der Waals surface area contributed by atoms with Crippen LogP contribution in [0, 0.1) is 125 Å². The molecule has 0 heterocycles. The van der Waals surface area contributed by atoms with Crippen molar-refractivity contribution in [3.05, 3.63) is 71.8 Å². The largest absolute Gasteiger partial charge is 0.428 e. The van der Waals surface area contributed by atoms with E-state index in [2.05, 4.69) is 343 Å². The van der Waals surface area contributed by atoms with Gasteiger partial charge in [-0.25, -0.2) is 0 Å². The molecule has 2 unspecified atom stereocenters. The van der Waals surface area contributed by atoms with Crippen molar-refractivity contribution in [2.24, 2.45) is 125 Å². The van der Waals surface area contributed by atoms with E-state index in [0.717, 1.165) is 47.3 Å². The lowest BCUT2D eigenvalue weighted by molar-refractivity contribution is -0.178. The summed E-state index contributed by atoms with van der Waals surface area (Å²) in [6.07, 6.45) is 17.3. The highest BCUT2D eigenvalue weighted by Gasteiger charge is 2.33. The maximum atomic E-state index is 11.5. The van der Waals surface area contributed by atoms with E-state index in [1.165, 1.54) is 81.8 Å². The number of hydrogen-bond acceptors (Lipinski definition) is 18. The second-order valence-electron chi connectivity index (χ2n) is 55.6. The number of carbonyl (C=O) groups excluding carboxylic acids is 12. The number of unbranched alkanes of at least 4 members (excludes halogenated alkanes) is 2. The van der Waals surface area contributed by atoms with Gasteiger partial charge in [-0.3, -0.25) is 57.5 Å². The van der Waals surface area contributed by atoms with Gasteiger partial charge in [0.2, 0.25) is 31.9 Å². The monoisotopic (exact) mass is 2130 g/mol. The average Bonchev–Trinajstić information content (AvgIpc) is 0.853. The molecular weight excluding hydrogens is 1870 g/mol. The second kappa shape index (κ2) is 94.6. The third-order valence-corrected chi connectivity index (χ3v) is 19.5. The highest BCUT2D eigenvalue weighted by atomic mass is 16.7. The molecule has 2 aromatic rings. The van der Waals surface area contributed by atoms with Gasteiger partial charge in [-0.2, -0.15) is 0 Å². The lowest BCUT2D eigenvalue weighted by Gasteiger charge is -2.28. The topological polar surface area (TPSA) is 260 Å². The van der Waals surface area contributed by atoms with Crippen LogP contribution >= 0.6 is 0 Å². The summed E-state index contributed by atoms with van der Waals surface area (Å²) in [5, 5.41) is 0. The highest BCUT2D eigenvalue weighted by molar-refractivity contribution is 6.38. The molecule has 892 valence electrons. The molecule has 0 aromatic heterocycles. The fourth-order valence-electron chi connectivity index (χ4n) is 15.0. The summed E-state index contributed by atoms with van der Waals surface area (Å²) in [6.45, 7) is 132. The Bertz CT molecular complexity index is 3260. The van der Waals surface area contributed by atoms with E-state index in [1.54, 1.807) is 125 Å². The van der Waals surface area contributed by atoms with Gasteiger partial charge in [-0.05, 0) is 196 Å². The minimum absolute atomic E-state index is 0.157. The maximum Gasteiger partial charge on any atom is 0.314 e. The lowest BCUT2D eigenvalue weighted by atomic mass is 9.76. The molecule has 18 nitrogen and oxygen atoms in total. The summed E-state index contributed by atoms with van der Waals surface area (Å²) in [4.78, 5) is 130. The summed E-state index contributed by atoms with van der Waals surface area (Å²) < 4.78 is 27.8. The Labute approximate surface area is 932 Å². The van der Waals surface area contributed by atoms with E-state index in [0.29, 0.717) is 94.4 Å². The van der Waals surface area contributed by atoms with Crippen molar-refractivity contribution in [2.45, 2.75) is 564 Å². The Morgan fingerprint density at radius 3 is 0.547 bits per heavy atom. The first-order chi connectivity index (χ1) is 67.2. The van der Waals surface area contributed by atoms with Crippen LogP contribution in [-0.2, 0) is 86.0 Å². The molecule has 0 aliphatic heterocycles. The molecular formula is C132H256O18. The summed E-state index contributed by atoms with van der Waals surface area (Å²) in [6, 6.07) is 21.6. The van der Waals surface area contributed by atoms with Gasteiger partial charge in [-0.15, -0.1) is 0 Å². The fraction of sp³-hybridized carbons (Fsp3) is 0.818. The van der Waals surface area contributed by atoms with Gasteiger partial charge in [-0.1, -0.05) is 482 Å². The summed E-state index contributed by atoms with van der Waals surface area (Å²) in [7, 11) is 0. The molecule has 0 saturated heterocycles. The standard InChI is InChI=1S/C17H20.C11H20O4.C9H16O4.C9H18O.3C9H20.C8H14O2.C7H12O4.4C7H16.C6H10O2.C5H10O.C5H12/c1-14(16-9-5-3-6-10-16)13-15(2)17-11-7-4-8-12-17;1-10(2,3)8(12)14-7-15-9(13)11(4,5)6;1-6(2)8(10)12-5-13-9(11)7(3)4;1-8(2,3)7(10)9(4,5)6;3*1-8(2,3)7-9(4,5)6;1-5(2)7(9)8(10)6(3)4;1-3-6(8)10-5-11-7(9)4-2;4*1-6(2)5-7(3)4;1-3-5(7)6(8)4-2;1-3-5(6)4-2;1-3-5-4-2/h3-12,14-15H,13H2,1-2H3;7H2,1-6H3;6-7H,5H2,1-4H3;1-6H3;3*7H2,1-6H3;5-6H,1-4H3;3-5H2,1-2H3;4*6-7H,5H2,1-4H3;3-4H2,1-2H3;3-4H2,1-2H3;3-5H2,1-2H3. The molecule has 0 radical (unpaired) electrons. The SMILES string of the molecule is CC(C)(C)C(=O)C(C)(C)C.CC(C)(C)C(=O)OCOC(=O)C(C)(C)C.CC(C)(C)CC(C)(C)C.CC(C)(C)CC(C)(C)C.CC(C)(C)CC(C)(C)C.CC(C)C(=O)C(=O)C(C)C.CC(C)C(=O)OCOC(=O)C(C)C.CC(C)CC(C)C.CC(C)CC(C)C.CC(C)CC(C)C.CC(C)CC(C)C.CC(CC(C)c1ccccc1)c1ccccc1.CCC(=O)C(=O)CC.CCC(=O)CC.CCC(=O)OCOC(=O)CC.CCCCC. The van der Waals surface area contributed by atoms with Crippen LogP contribution in [0.5, 0.6) is 0 Å². The van der Waals surface area contributed by atoms with Crippen LogP contribution < -0.4 is 0 Å². The quantitative estimate of drug-likeness (QED) is 0.0285. The maximum absolute atomic E-state index is 11.5. The normalized spacial score (nSPS) is 11.7. The van der Waals surface area contributed by atoms with Crippen molar-refractivity contribution in [2.75, 3.05) is 20.4 Å². The van der Waals surface area contributed by atoms with E-state index in [9.17, 15) is 57.5 Å². The van der Waals surface area contributed by atoms with Crippen molar-refractivity contribution in [1.29, 1.82) is 0 Å². The van der Waals surface area contributed by atoms with Gasteiger partial charge in [0.1, 0.15) is 11.6 Å². The van der Waals surface area contributed by atoms with Gasteiger partial charge >= 0.3 is 35.8 Å². The second-order valence-corrected chi connectivity index (χ2v) is 55.6. The van der Waals surface area contributed by atoms with E-state index >= 15 is 0 Å². The molecule has 2 rings (SSSR count). The summed E-state index contributed by atoms with van der Waals surface area (Å²) in [5.74, 6) is 4.93. The summed E-state index contributed by atoms with van der Waals surface area (Å²) in [5.41, 5.74) is 4.24. The zero-order chi connectivity index (χ0) is 123. The first-order valence-corrected chi connectivity index (χ1v) is 57.5. The van der Waals surface area contributed by atoms with Crippen molar-refractivity contribution in [3.63, 3.8) is 0 Å². The Morgan fingerprint density at radius 2 is 0.433 bits per heavy atom. The molecule has 0 aliphatic rings. The van der Waals surface area contributed by atoms with E-state index in [-0.39, 0.29) is 114 Å². The third kappa shape index (κ3) is 152. The first-order valence-electron chi connectivity index (χ1n) is 57.5. The van der Waals surface area contributed by atoms with Crippen LogP contribution in [-0.4, -0.2) is 90.9 Å². The molecule has 0 spiro atoms. The smallest absolute Gasteiger partial charge is 0.314 e. The number of carbonyl (C=O) groups is 12. The van der Waals surface area contributed by atoms with Gasteiger partial charge in [0.25, 0.3) is 0 Å². The van der Waals surface area contributed by atoms with Crippen molar-refractivity contribution >= 4 is 70.5 Å². The predicted molar refractivity (Wildman–Crippen MR) is 647 cm³/mol. The van der Waals surface area contributed by atoms with E-state index in [4.69, 9.17) is 9.47 Å². The number of rotatable bonds is 32. The Hall–Kier alpha value is -6.72. The number of esters is 6. The van der Waals surface area contributed by atoms with Crippen LogP contribution in [0.15, 0.2) is 60.7 Å². The van der Waals surface area contributed by atoms with Gasteiger partial charge in [0.15, 0.2) is 11.6 Å². The van der Waals surface area contributed by atoms with Crippen LogP contribution in [0.2, 0.25) is 0 Å². The molecule has 2 atom stereocenters. The number of ether oxygens (including phenoxy) is 6. The van der Waals surface area contributed by atoms with E-state index in [1.807, 2.05) is 55.4 Å². The predicted octanol–water partition coefficient (Wildman–Crippen LogP) is 39.1. The minimum Gasteiger partial charge on any atom is -0.428 e. The van der Waals surface area contributed by atoms with E-state index < -0.39 is 10.8 Å².